The van der Waals surface area contributed by atoms with Gasteiger partial charge in [0.2, 0.25) is 11.8 Å². The van der Waals surface area contributed by atoms with Crippen LogP contribution in [0.3, 0.4) is 0 Å². The summed E-state index contributed by atoms with van der Waals surface area (Å²) < 4.78 is 5.89. The van der Waals surface area contributed by atoms with E-state index in [1.807, 2.05) is 30.0 Å². The van der Waals surface area contributed by atoms with Gasteiger partial charge in [-0.15, -0.1) is 0 Å². The van der Waals surface area contributed by atoms with E-state index in [0.717, 1.165) is 61.0 Å². The van der Waals surface area contributed by atoms with E-state index in [1.165, 1.54) is 0 Å². The standard InChI is InChI=1S/C23H33N3O2/c1-5-18(4)26(21(27)6-2)16-20-22(19-10-8-7-9-11-19)24-28-23(20)25-14-12-17(3)13-15-25/h7-11,17-18H,5-6,12-16H2,1-4H3/t18-/m1/s1. The maximum absolute atomic E-state index is 12.7. The van der Waals surface area contributed by atoms with Crippen molar-refractivity contribution in [3.05, 3.63) is 35.9 Å². The zero-order valence-electron chi connectivity index (χ0n) is 17.6. The molecule has 0 N–H and O–H groups in total. The Hall–Kier alpha value is -2.30. The van der Waals surface area contributed by atoms with Crippen molar-refractivity contribution in [2.75, 3.05) is 18.0 Å². The first-order chi connectivity index (χ1) is 13.5. The lowest BCUT2D eigenvalue weighted by Gasteiger charge is -2.32. The number of benzene rings is 1. The molecule has 1 aromatic carbocycles. The molecular weight excluding hydrogens is 350 g/mol. The fraction of sp³-hybridized carbons (Fsp3) is 0.565. The van der Waals surface area contributed by atoms with Crippen LogP contribution < -0.4 is 4.90 Å². The van der Waals surface area contributed by atoms with Gasteiger partial charge >= 0.3 is 0 Å². The van der Waals surface area contributed by atoms with E-state index < -0.39 is 0 Å². The minimum atomic E-state index is 0.174. The molecule has 0 bridgehead atoms. The quantitative estimate of drug-likeness (QED) is 0.666. The summed E-state index contributed by atoms with van der Waals surface area (Å²) in [5, 5.41) is 4.45. The number of hydrogen-bond acceptors (Lipinski definition) is 4. The Balaban J connectivity index is 1.99. The largest absolute Gasteiger partial charge is 0.340 e. The zero-order chi connectivity index (χ0) is 20.1. The van der Waals surface area contributed by atoms with E-state index in [-0.39, 0.29) is 11.9 Å². The highest BCUT2D eigenvalue weighted by Crippen LogP contribution is 2.35. The van der Waals surface area contributed by atoms with Crippen LogP contribution in [0.2, 0.25) is 0 Å². The molecule has 1 amide bonds. The number of hydrogen-bond donors (Lipinski definition) is 0. The molecular formula is C23H33N3O2. The third kappa shape index (κ3) is 4.40. The van der Waals surface area contributed by atoms with Gasteiger partial charge in [-0.05, 0) is 32.1 Å². The van der Waals surface area contributed by atoms with Crippen molar-refractivity contribution in [1.82, 2.24) is 10.1 Å². The summed E-state index contributed by atoms with van der Waals surface area (Å²) in [6.45, 7) is 11.0. The van der Waals surface area contributed by atoms with E-state index in [2.05, 4.69) is 43.0 Å². The molecule has 5 heteroatoms. The van der Waals surface area contributed by atoms with Crippen molar-refractivity contribution in [1.29, 1.82) is 0 Å². The Morgan fingerprint density at radius 1 is 1.25 bits per heavy atom. The van der Waals surface area contributed by atoms with Gasteiger partial charge in [-0.25, -0.2) is 0 Å². The fourth-order valence-corrected chi connectivity index (χ4v) is 3.81. The predicted molar refractivity (Wildman–Crippen MR) is 113 cm³/mol. The van der Waals surface area contributed by atoms with E-state index >= 15 is 0 Å². The van der Waals surface area contributed by atoms with Crippen LogP contribution in [0, 0.1) is 5.92 Å². The monoisotopic (exact) mass is 383 g/mol. The summed E-state index contributed by atoms with van der Waals surface area (Å²) >= 11 is 0. The number of piperidine rings is 1. The maximum atomic E-state index is 12.7. The van der Waals surface area contributed by atoms with Gasteiger partial charge in [0.05, 0.1) is 12.1 Å². The van der Waals surface area contributed by atoms with Gasteiger partial charge < -0.3 is 14.3 Å². The van der Waals surface area contributed by atoms with Crippen LogP contribution in [0.25, 0.3) is 11.3 Å². The third-order valence-corrected chi connectivity index (χ3v) is 5.96. The van der Waals surface area contributed by atoms with Gasteiger partial charge in [0.1, 0.15) is 5.69 Å². The molecule has 0 aliphatic carbocycles. The molecule has 2 aromatic rings. The first-order valence-electron chi connectivity index (χ1n) is 10.6. The second kappa shape index (κ2) is 9.26. The van der Waals surface area contributed by atoms with Gasteiger partial charge in [-0.2, -0.15) is 0 Å². The average Bonchev–Trinajstić information content (AvgIpc) is 3.15. The van der Waals surface area contributed by atoms with Crippen molar-refractivity contribution in [2.45, 2.75) is 66.0 Å². The molecule has 1 saturated heterocycles. The molecule has 152 valence electrons. The van der Waals surface area contributed by atoms with Gasteiger partial charge in [0, 0.05) is 31.1 Å². The summed E-state index contributed by atoms with van der Waals surface area (Å²) in [4.78, 5) is 17.0. The van der Waals surface area contributed by atoms with Gasteiger partial charge in [-0.1, -0.05) is 56.3 Å². The lowest BCUT2D eigenvalue weighted by Crippen LogP contribution is -2.38. The Bertz CT molecular complexity index is 763. The second-order valence-corrected chi connectivity index (χ2v) is 7.98. The Kier molecular flexibility index (Phi) is 6.76. The molecule has 1 aliphatic rings. The highest BCUT2D eigenvalue weighted by atomic mass is 16.5. The molecule has 28 heavy (non-hydrogen) atoms. The highest BCUT2D eigenvalue weighted by Gasteiger charge is 2.29. The van der Waals surface area contributed by atoms with Crippen molar-refractivity contribution >= 4 is 11.8 Å². The summed E-state index contributed by atoms with van der Waals surface area (Å²) in [7, 11) is 0. The number of nitrogens with zero attached hydrogens (tertiary/aromatic N) is 3. The van der Waals surface area contributed by atoms with Crippen LogP contribution in [0.5, 0.6) is 0 Å². The molecule has 1 fully saturated rings. The second-order valence-electron chi connectivity index (χ2n) is 7.98. The van der Waals surface area contributed by atoms with Crippen LogP contribution in [-0.4, -0.2) is 35.1 Å². The van der Waals surface area contributed by atoms with Crippen LogP contribution >= 0.6 is 0 Å². The first kappa shape index (κ1) is 20.4. The van der Waals surface area contributed by atoms with E-state index in [0.29, 0.717) is 13.0 Å². The SMILES string of the molecule is CCC(=O)N(Cc1c(-c2ccccc2)noc1N1CCC(C)CC1)[C@H](C)CC. The smallest absolute Gasteiger partial charge is 0.232 e. The average molecular weight is 384 g/mol. The lowest BCUT2D eigenvalue weighted by molar-refractivity contribution is -0.133. The van der Waals surface area contributed by atoms with Gasteiger partial charge in [0.25, 0.3) is 0 Å². The summed E-state index contributed by atoms with van der Waals surface area (Å²) in [5.41, 5.74) is 2.92. The van der Waals surface area contributed by atoms with Gasteiger partial charge in [0.15, 0.2) is 0 Å². The Morgan fingerprint density at radius 3 is 2.54 bits per heavy atom. The normalized spacial score (nSPS) is 16.2. The van der Waals surface area contributed by atoms with Crippen LogP contribution in [0.15, 0.2) is 34.9 Å². The van der Waals surface area contributed by atoms with E-state index in [1.54, 1.807) is 0 Å². The summed E-state index contributed by atoms with van der Waals surface area (Å²) in [6.07, 6.45) is 3.74. The molecule has 1 atom stereocenters. The van der Waals surface area contributed by atoms with Crippen molar-refractivity contribution < 1.29 is 9.32 Å². The Labute approximate surface area is 168 Å². The number of anilines is 1. The topological polar surface area (TPSA) is 49.6 Å². The molecule has 0 unspecified atom stereocenters. The van der Waals surface area contributed by atoms with Crippen LogP contribution in [-0.2, 0) is 11.3 Å². The Morgan fingerprint density at radius 2 is 1.93 bits per heavy atom. The number of amides is 1. The number of aromatic nitrogens is 1. The molecule has 0 radical (unpaired) electrons. The van der Waals surface area contributed by atoms with Crippen molar-refractivity contribution in [3.8, 4) is 11.3 Å². The number of carbonyl (C=O) groups is 1. The van der Waals surface area contributed by atoms with Crippen molar-refractivity contribution in [3.63, 3.8) is 0 Å². The van der Waals surface area contributed by atoms with E-state index in [4.69, 9.17) is 4.52 Å². The van der Waals surface area contributed by atoms with Crippen LogP contribution in [0.1, 0.15) is 58.9 Å². The zero-order valence-corrected chi connectivity index (χ0v) is 17.6. The van der Waals surface area contributed by atoms with Crippen LogP contribution in [0.4, 0.5) is 5.88 Å². The third-order valence-electron chi connectivity index (χ3n) is 5.96. The lowest BCUT2D eigenvalue weighted by atomic mass is 9.98. The summed E-state index contributed by atoms with van der Waals surface area (Å²) in [6, 6.07) is 10.3. The minimum absolute atomic E-state index is 0.174. The van der Waals surface area contributed by atoms with Crippen molar-refractivity contribution in [2.24, 2.45) is 5.92 Å². The molecule has 1 aromatic heterocycles. The predicted octanol–water partition coefficient (Wildman–Crippen LogP) is 5.12. The summed E-state index contributed by atoms with van der Waals surface area (Å²) in [5.74, 6) is 1.75. The molecule has 5 nitrogen and oxygen atoms in total. The molecule has 3 rings (SSSR count). The minimum Gasteiger partial charge on any atom is -0.340 e. The number of rotatable bonds is 7. The molecule has 0 saturated carbocycles. The molecule has 2 heterocycles. The fourth-order valence-electron chi connectivity index (χ4n) is 3.81. The first-order valence-corrected chi connectivity index (χ1v) is 10.6. The molecule has 1 aliphatic heterocycles. The number of carbonyl (C=O) groups excluding carboxylic acids is 1. The molecule has 0 spiro atoms. The highest BCUT2D eigenvalue weighted by molar-refractivity contribution is 5.77. The van der Waals surface area contributed by atoms with Gasteiger partial charge in [-0.3, -0.25) is 4.79 Å². The maximum Gasteiger partial charge on any atom is 0.232 e. The van der Waals surface area contributed by atoms with E-state index in [9.17, 15) is 4.79 Å².